The van der Waals surface area contributed by atoms with Crippen molar-refractivity contribution in [1.29, 1.82) is 0 Å². The lowest BCUT2D eigenvalue weighted by atomic mass is 10.2. The second-order valence-corrected chi connectivity index (χ2v) is 4.39. The maximum absolute atomic E-state index is 12.6. The Bertz CT molecular complexity index is 393. The molecule has 0 aliphatic heterocycles. The average Bonchev–Trinajstić information content (AvgIpc) is 2.26. The summed E-state index contributed by atoms with van der Waals surface area (Å²) in [5, 5.41) is 0. The van der Waals surface area contributed by atoms with E-state index in [-0.39, 0.29) is 5.88 Å². The van der Waals surface area contributed by atoms with Crippen LogP contribution in [0.2, 0.25) is 0 Å². The molecule has 0 radical (unpaired) electrons. The van der Waals surface area contributed by atoms with E-state index in [0.29, 0.717) is 29.9 Å². The van der Waals surface area contributed by atoms with E-state index < -0.39 is 12.7 Å². The van der Waals surface area contributed by atoms with Crippen LogP contribution in [0.25, 0.3) is 0 Å². The summed E-state index contributed by atoms with van der Waals surface area (Å²) in [4.78, 5) is 5.37. The first-order chi connectivity index (χ1) is 8.37. The van der Waals surface area contributed by atoms with Crippen LogP contribution in [0.1, 0.15) is 24.6 Å². The lowest BCUT2D eigenvalue weighted by Crippen LogP contribution is -2.35. The summed E-state index contributed by atoms with van der Waals surface area (Å²) in [6.45, 7) is 2.97. The number of aromatic nitrogens is 1. The van der Waals surface area contributed by atoms with Crippen molar-refractivity contribution >= 4 is 17.3 Å². The standard InChI is InChI=1S/C12H16ClF3N2/c1-3-4-18(8-12(14,15)16)11-5-9(2)17-7-10(11)6-13/h5,7H,3-4,6,8H2,1-2H3. The molecule has 1 aromatic heterocycles. The van der Waals surface area contributed by atoms with Crippen molar-refractivity contribution in [2.75, 3.05) is 18.0 Å². The van der Waals surface area contributed by atoms with E-state index in [1.165, 1.54) is 11.1 Å². The van der Waals surface area contributed by atoms with Gasteiger partial charge in [0.05, 0.1) is 5.88 Å². The van der Waals surface area contributed by atoms with Crippen LogP contribution in [0, 0.1) is 6.92 Å². The number of nitrogens with zero attached hydrogens (tertiary/aromatic N) is 2. The van der Waals surface area contributed by atoms with E-state index in [0.717, 1.165) is 0 Å². The summed E-state index contributed by atoms with van der Waals surface area (Å²) in [7, 11) is 0. The molecule has 0 fully saturated rings. The fourth-order valence-corrected chi connectivity index (χ4v) is 1.95. The average molecular weight is 281 g/mol. The van der Waals surface area contributed by atoms with Gasteiger partial charge in [0.2, 0.25) is 0 Å². The second kappa shape index (κ2) is 6.27. The Balaban J connectivity index is 3.07. The van der Waals surface area contributed by atoms with Gasteiger partial charge in [0.15, 0.2) is 0 Å². The molecule has 0 spiro atoms. The van der Waals surface area contributed by atoms with Gasteiger partial charge in [0, 0.05) is 29.7 Å². The normalized spacial score (nSPS) is 11.7. The highest BCUT2D eigenvalue weighted by Gasteiger charge is 2.31. The maximum Gasteiger partial charge on any atom is 0.405 e. The third-order valence-corrected chi connectivity index (χ3v) is 2.73. The van der Waals surface area contributed by atoms with Crippen LogP contribution >= 0.6 is 11.6 Å². The van der Waals surface area contributed by atoms with Crippen molar-refractivity contribution in [3.63, 3.8) is 0 Å². The summed E-state index contributed by atoms with van der Waals surface area (Å²) in [6.07, 6.45) is -2.05. The van der Waals surface area contributed by atoms with Crippen LogP contribution in [0.4, 0.5) is 18.9 Å². The van der Waals surface area contributed by atoms with Gasteiger partial charge in [0.1, 0.15) is 6.54 Å². The van der Waals surface area contributed by atoms with Gasteiger partial charge in [-0.3, -0.25) is 4.98 Å². The first kappa shape index (κ1) is 15.1. The van der Waals surface area contributed by atoms with Gasteiger partial charge in [-0.15, -0.1) is 11.6 Å². The van der Waals surface area contributed by atoms with Crippen LogP contribution in [0.15, 0.2) is 12.3 Å². The highest BCUT2D eigenvalue weighted by Crippen LogP contribution is 2.26. The Morgan fingerprint density at radius 1 is 1.39 bits per heavy atom. The molecule has 0 bridgehead atoms. The Labute approximate surface area is 110 Å². The number of hydrogen-bond donors (Lipinski definition) is 0. The topological polar surface area (TPSA) is 16.1 Å². The zero-order chi connectivity index (χ0) is 13.8. The zero-order valence-electron chi connectivity index (χ0n) is 10.4. The highest BCUT2D eigenvalue weighted by molar-refractivity contribution is 6.17. The molecule has 0 saturated heterocycles. The summed E-state index contributed by atoms with van der Waals surface area (Å²) < 4.78 is 37.7. The molecular formula is C12H16ClF3N2. The Hall–Kier alpha value is -0.970. The van der Waals surface area contributed by atoms with Crippen molar-refractivity contribution < 1.29 is 13.2 Å². The van der Waals surface area contributed by atoms with Crippen molar-refractivity contribution in [3.8, 4) is 0 Å². The van der Waals surface area contributed by atoms with Gasteiger partial charge in [-0.1, -0.05) is 6.92 Å². The van der Waals surface area contributed by atoms with Gasteiger partial charge in [-0.05, 0) is 19.4 Å². The maximum atomic E-state index is 12.6. The van der Waals surface area contributed by atoms with Crippen LogP contribution in [0.5, 0.6) is 0 Å². The van der Waals surface area contributed by atoms with Crippen LogP contribution in [-0.4, -0.2) is 24.2 Å². The van der Waals surface area contributed by atoms with Crippen molar-refractivity contribution in [3.05, 3.63) is 23.5 Å². The Morgan fingerprint density at radius 3 is 2.56 bits per heavy atom. The van der Waals surface area contributed by atoms with Crippen LogP contribution in [-0.2, 0) is 5.88 Å². The monoisotopic (exact) mass is 280 g/mol. The fraction of sp³-hybridized carbons (Fsp3) is 0.583. The van der Waals surface area contributed by atoms with E-state index >= 15 is 0 Å². The second-order valence-electron chi connectivity index (χ2n) is 4.12. The molecule has 0 aliphatic rings. The fourth-order valence-electron chi connectivity index (χ4n) is 1.74. The molecule has 1 heterocycles. The van der Waals surface area contributed by atoms with E-state index in [9.17, 15) is 13.2 Å². The van der Waals surface area contributed by atoms with Gasteiger partial charge in [-0.25, -0.2) is 0 Å². The van der Waals surface area contributed by atoms with E-state index in [1.54, 1.807) is 13.0 Å². The predicted molar refractivity (Wildman–Crippen MR) is 67.1 cm³/mol. The smallest absolute Gasteiger partial charge is 0.362 e. The lowest BCUT2D eigenvalue weighted by molar-refractivity contribution is -0.119. The number of halogens is 4. The van der Waals surface area contributed by atoms with Crippen molar-refractivity contribution in [2.45, 2.75) is 32.3 Å². The molecular weight excluding hydrogens is 265 g/mol. The Kier molecular flexibility index (Phi) is 5.26. The highest BCUT2D eigenvalue weighted by atomic mass is 35.5. The number of alkyl halides is 4. The quantitative estimate of drug-likeness (QED) is 0.760. The summed E-state index contributed by atoms with van der Waals surface area (Å²) in [5.41, 5.74) is 1.83. The number of aryl methyl sites for hydroxylation is 1. The third-order valence-electron chi connectivity index (χ3n) is 2.45. The molecule has 0 aromatic carbocycles. The van der Waals surface area contributed by atoms with Crippen LogP contribution in [0.3, 0.4) is 0 Å². The molecule has 18 heavy (non-hydrogen) atoms. The minimum Gasteiger partial charge on any atom is -0.362 e. The zero-order valence-corrected chi connectivity index (χ0v) is 11.1. The lowest BCUT2D eigenvalue weighted by Gasteiger charge is -2.27. The molecule has 1 rings (SSSR count). The SMILES string of the molecule is CCCN(CC(F)(F)F)c1cc(C)ncc1CCl. The predicted octanol–water partition coefficient (Wildman–Crippen LogP) is 3.91. The minimum absolute atomic E-state index is 0.153. The molecule has 1 aromatic rings. The molecule has 0 atom stereocenters. The summed E-state index contributed by atoms with van der Waals surface area (Å²) in [5.74, 6) is 0.153. The first-order valence-electron chi connectivity index (χ1n) is 5.70. The molecule has 102 valence electrons. The Morgan fingerprint density at radius 2 is 2.06 bits per heavy atom. The molecule has 2 nitrogen and oxygen atoms in total. The third kappa shape index (κ3) is 4.37. The molecule has 0 unspecified atom stereocenters. The van der Waals surface area contributed by atoms with Gasteiger partial charge in [-0.2, -0.15) is 13.2 Å². The van der Waals surface area contributed by atoms with E-state index in [4.69, 9.17) is 11.6 Å². The van der Waals surface area contributed by atoms with Gasteiger partial charge in [0.25, 0.3) is 0 Å². The van der Waals surface area contributed by atoms with Crippen LogP contribution < -0.4 is 4.90 Å². The number of anilines is 1. The number of hydrogen-bond acceptors (Lipinski definition) is 2. The molecule has 6 heteroatoms. The summed E-state index contributed by atoms with van der Waals surface area (Å²) in [6, 6.07) is 1.65. The minimum atomic E-state index is -4.23. The first-order valence-corrected chi connectivity index (χ1v) is 6.24. The van der Waals surface area contributed by atoms with Crippen molar-refractivity contribution in [2.24, 2.45) is 0 Å². The summed E-state index contributed by atoms with van der Waals surface area (Å²) >= 11 is 5.75. The van der Waals surface area contributed by atoms with E-state index in [1.807, 2.05) is 6.92 Å². The molecule has 0 N–H and O–H groups in total. The van der Waals surface area contributed by atoms with E-state index in [2.05, 4.69) is 4.98 Å². The number of pyridine rings is 1. The molecule has 0 aliphatic carbocycles. The molecule has 0 saturated carbocycles. The molecule has 0 amide bonds. The van der Waals surface area contributed by atoms with Crippen molar-refractivity contribution in [1.82, 2.24) is 4.98 Å². The van der Waals surface area contributed by atoms with Gasteiger partial charge >= 0.3 is 6.18 Å². The van der Waals surface area contributed by atoms with Gasteiger partial charge < -0.3 is 4.90 Å². The largest absolute Gasteiger partial charge is 0.405 e. The number of rotatable bonds is 5.